The van der Waals surface area contributed by atoms with Gasteiger partial charge < -0.3 is 9.84 Å². The van der Waals surface area contributed by atoms with Crippen LogP contribution >= 0.6 is 0 Å². The normalized spacial score (nSPS) is 31.9. The Bertz CT molecular complexity index is 153. The van der Waals surface area contributed by atoms with E-state index in [1.165, 1.54) is 0 Å². The third kappa shape index (κ3) is 1.36. The van der Waals surface area contributed by atoms with Crippen LogP contribution in [0.5, 0.6) is 0 Å². The van der Waals surface area contributed by atoms with Gasteiger partial charge in [0.05, 0.1) is 0 Å². The van der Waals surface area contributed by atoms with Gasteiger partial charge in [-0.3, -0.25) is 0 Å². The van der Waals surface area contributed by atoms with Crippen molar-refractivity contribution in [2.45, 2.75) is 25.0 Å². The molecule has 1 fully saturated rings. The van der Waals surface area contributed by atoms with Crippen LogP contribution < -0.4 is 0 Å². The molecular formula is C7H10O3. The van der Waals surface area contributed by atoms with Crippen LogP contribution in [0.2, 0.25) is 0 Å². The van der Waals surface area contributed by atoms with E-state index in [9.17, 15) is 4.79 Å². The van der Waals surface area contributed by atoms with Gasteiger partial charge in [-0.15, -0.1) is 6.58 Å². The third-order valence-electron chi connectivity index (χ3n) is 1.47. The second kappa shape index (κ2) is 2.84. The van der Waals surface area contributed by atoms with E-state index < -0.39 is 12.1 Å². The van der Waals surface area contributed by atoms with Crippen molar-refractivity contribution in [1.29, 1.82) is 0 Å². The van der Waals surface area contributed by atoms with Crippen molar-refractivity contribution in [3.8, 4) is 0 Å². The van der Waals surface area contributed by atoms with Gasteiger partial charge in [0, 0.05) is 12.8 Å². The summed E-state index contributed by atoms with van der Waals surface area (Å²) >= 11 is 0. The van der Waals surface area contributed by atoms with E-state index in [4.69, 9.17) is 9.84 Å². The number of carbonyl (C=O) groups excluding carboxylic acids is 1. The molecule has 1 rings (SSSR count). The minimum atomic E-state index is -0.912. The maximum Gasteiger partial charge on any atom is 0.335 e. The second-order valence-corrected chi connectivity index (χ2v) is 2.33. The number of hydrogen-bond donors (Lipinski definition) is 1. The molecule has 1 aliphatic heterocycles. The number of cyclic esters (lactones) is 1. The largest absolute Gasteiger partial charge is 0.460 e. The number of ether oxygens (including phenoxy) is 1. The van der Waals surface area contributed by atoms with Crippen molar-refractivity contribution < 1.29 is 14.6 Å². The minimum absolute atomic E-state index is 0.153. The van der Waals surface area contributed by atoms with Crippen molar-refractivity contribution in [1.82, 2.24) is 0 Å². The Morgan fingerprint density at radius 1 is 1.90 bits per heavy atom. The highest BCUT2D eigenvalue weighted by Gasteiger charge is 2.31. The molecule has 3 nitrogen and oxygen atoms in total. The SMILES string of the molecule is C=CCC1CC(O)C(=O)O1. The summed E-state index contributed by atoms with van der Waals surface area (Å²) in [5.41, 5.74) is 0. The van der Waals surface area contributed by atoms with Gasteiger partial charge in [0.1, 0.15) is 6.10 Å². The first-order valence-corrected chi connectivity index (χ1v) is 3.23. The summed E-state index contributed by atoms with van der Waals surface area (Å²) in [5.74, 6) is -0.508. The molecule has 1 N–H and O–H groups in total. The minimum Gasteiger partial charge on any atom is -0.460 e. The van der Waals surface area contributed by atoms with Gasteiger partial charge >= 0.3 is 5.97 Å². The molecule has 0 bridgehead atoms. The van der Waals surface area contributed by atoms with Crippen LogP contribution in [-0.4, -0.2) is 23.3 Å². The molecule has 0 aromatic heterocycles. The predicted molar refractivity (Wildman–Crippen MR) is 35.3 cm³/mol. The first-order chi connectivity index (χ1) is 4.74. The molecule has 0 saturated carbocycles. The molecule has 2 unspecified atom stereocenters. The average molecular weight is 142 g/mol. The molecule has 0 amide bonds. The summed E-state index contributed by atoms with van der Waals surface area (Å²) in [4.78, 5) is 10.6. The number of aliphatic hydroxyl groups excluding tert-OH is 1. The summed E-state index contributed by atoms with van der Waals surface area (Å²) in [6.45, 7) is 3.50. The Morgan fingerprint density at radius 3 is 3.00 bits per heavy atom. The number of rotatable bonds is 2. The van der Waals surface area contributed by atoms with E-state index in [0.29, 0.717) is 12.8 Å². The van der Waals surface area contributed by atoms with Crippen molar-refractivity contribution >= 4 is 5.97 Å². The van der Waals surface area contributed by atoms with Crippen molar-refractivity contribution in [2.24, 2.45) is 0 Å². The Morgan fingerprint density at radius 2 is 2.60 bits per heavy atom. The molecule has 1 aliphatic rings. The average Bonchev–Trinajstić information content (AvgIpc) is 2.14. The summed E-state index contributed by atoms with van der Waals surface area (Å²) < 4.78 is 4.75. The van der Waals surface area contributed by atoms with E-state index in [-0.39, 0.29) is 6.10 Å². The lowest BCUT2D eigenvalue weighted by Gasteiger charge is -2.02. The maximum absolute atomic E-state index is 10.6. The smallest absolute Gasteiger partial charge is 0.335 e. The molecule has 1 heterocycles. The molecule has 0 aliphatic carbocycles. The molecule has 2 atom stereocenters. The van der Waals surface area contributed by atoms with Crippen molar-refractivity contribution in [3.63, 3.8) is 0 Å². The zero-order valence-corrected chi connectivity index (χ0v) is 5.62. The van der Waals surface area contributed by atoms with Crippen LogP contribution in [0, 0.1) is 0 Å². The van der Waals surface area contributed by atoms with Gasteiger partial charge in [-0.25, -0.2) is 4.79 Å². The van der Waals surface area contributed by atoms with Crippen LogP contribution in [0.25, 0.3) is 0 Å². The van der Waals surface area contributed by atoms with E-state index in [2.05, 4.69) is 6.58 Å². The van der Waals surface area contributed by atoms with E-state index in [1.54, 1.807) is 6.08 Å². The van der Waals surface area contributed by atoms with Crippen molar-refractivity contribution in [3.05, 3.63) is 12.7 Å². The maximum atomic E-state index is 10.6. The van der Waals surface area contributed by atoms with E-state index in [0.717, 1.165) is 0 Å². The van der Waals surface area contributed by atoms with Gasteiger partial charge in [-0.05, 0) is 0 Å². The van der Waals surface area contributed by atoms with E-state index >= 15 is 0 Å². The lowest BCUT2D eigenvalue weighted by molar-refractivity contribution is -0.147. The molecular weight excluding hydrogens is 132 g/mol. The molecule has 10 heavy (non-hydrogen) atoms. The van der Waals surface area contributed by atoms with Crippen LogP contribution in [0.4, 0.5) is 0 Å². The van der Waals surface area contributed by atoms with Gasteiger partial charge in [-0.1, -0.05) is 6.08 Å². The highest BCUT2D eigenvalue weighted by Crippen LogP contribution is 2.17. The quantitative estimate of drug-likeness (QED) is 0.443. The zero-order chi connectivity index (χ0) is 7.56. The topological polar surface area (TPSA) is 46.5 Å². The fourth-order valence-electron chi connectivity index (χ4n) is 0.966. The lowest BCUT2D eigenvalue weighted by atomic mass is 10.1. The third-order valence-corrected chi connectivity index (χ3v) is 1.47. The van der Waals surface area contributed by atoms with E-state index in [1.807, 2.05) is 0 Å². The molecule has 56 valence electrons. The monoisotopic (exact) mass is 142 g/mol. The number of carbonyl (C=O) groups is 1. The Hall–Kier alpha value is -0.830. The summed E-state index contributed by atoms with van der Waals surface area (Å²) in [7, 11) is 0. The van der Waals surface area contributed by atoms with Crippen LogP contribution in [0.3, 0.4) is 0 Å². The lowest BCUT2D eigenvalue weighted by Crippen LogP contribution is -2.11. The Kier molecular flexibility index (Phi) is 2.06. The van der Waals surface area contributed by atoms with Gasteiger partial charge in [0.25, 0.3) is 0 Å². The van der Waals surface area contributed by atoms with Gasteiger partial charge in [0.15, 0.2) is 6.10 Å². The summed E-state index contributed by atoms with van der Waals surface area (Å²) in [6, 6.07) is 0. The second-order valence-electron chi connectivity index (χ2n) is 2.33. The standard InChI is InChI=1S/C7H10O3/c1-2-3-5-4-6(8)7(9)10-5/h2,5-6,8H,1,3-4H2. The van der Waals surface area contributed by atoms with Crippen LogP contribution in [-0.2, 0) is 9.53 Å². The van der Waals surface area contributed by atoms with Crippen LogP contribution in [0.1, 0.15) is 12.8 Å². The van der Waals surface area contributed by atoms with Gasteiger partial charge in [0.2, 0.25) is 0 Å². The number of esters is 1. The molecule has 3 heteroatoms. The first kappa shape index (κ1) is 7.28. The molecule has 1 saturated heterocycles. The summed E-state index contributed by atoms with van der Waals surface area (Å²) in [6.07, 6.45) is 1.65. The van der Waals surface area contributed by atoms with Crippen LogP contribution in [0.15, 0.2) is 12.7 Å². The molecule has 0 spiro atoms. The van der Waals surface area contributed by atoms with Crippen molar-refractivity contribution in [2.75, 3.05) is 0 Å². The molecule has 0 radical (unpaired) electrons. The number of aliphatic hydroxyl groups is 1. The summed E-state index contributed by atoms with van der Waals surface area (Å²) in [5, 5.41) is 8.89. The fourth-order valence-corrected chi connectivity index (χ4v) is 0.966. The molecule has 0 aromatic carbocycles. The highest BCUT2D eigenvalue weighted by molar-refractivity contribution is 5.76. The Labute approximate surface area is 59.3 Å². The highest BCUT2D eigenvalue weighted by atomic mass is 16.6. The molecule has 0 aromatic rings. The van der Waals surface area contributed by atoms with Gasteiger partial charge in [-0.2, -0.15) is 0 Å². The predicted octanol–water partition coefficient (Wildman–Crippen LogP) is 0.239. The first-order valence-electron chi connectivity index (χ1n) is 3.23. The Balaban J connectivity index is 2.41. The zero-order valence-electron chi connectivity index (χ0n) is 5.62. The number of hydrogen-bond acceptors (Lipinski definition) is 3. The fraction of sp³-hybridized carbons (Fsp3) is 0.571.